The first kappa shape index (κ1) is 20.1. The Kier molecular flexibility index (Phi) is 5.87. The van der Waals surface area contributed by atoms with Gasteiger partial charge in [-0.25, -0.2) is 0 Å². The Bertz CT molecular complexity index is 1070. The average molecular weight is 490 g/mol. The summed E-state index contributed by atoms with van der Waals surface area (Å²) < 4.78 is 6.80. The van der Waals surface area contributed by atoms with E-state index in [1.807, 2.05) is 0 Å². The standard InChI is InChI=1S/C15H11BrCl2N6O4/c1-28-15-12(24(26)27)11(20-21-15)14(25)19-13-9(16)6-23(22-13)5-7-2-3-8(17)4-10(7)18/h2-4,6H,5H2,1H3,(H,20,21)(H,19,22,25). The van der Waals surface area contributed by atoms with E-state index in [1.54, 1.807) is 24.4 Å². The van der Waals surface area contributed by atoms with Crippen molar-refractivity contribution in [2.24, 2.45) is 0 Å². The van der Waals surface area contributed by atoms with Crippen molar-refractivity contribution >= 4 is 56.5 Å². The molecule has 3 aromatic rings. The number of hydrogen-bond acceptors (Lipinski definition) is 6. The first-order chi connectivity index (χ1) is 13.3. The van der Waals surface area contributed by atoms with Gasteiger partial charge < -0.3 is 10.1 Å². The molecule has 10 nitrogen and oxygen atoms in total. The van der Waals surface area contributed by atoms with Crippen LogP contribution in [0.15, 0.2) is 28.9 Å². The van der Waals surface area contributed by atoms with Gasteiger partial charge in [0, 0.05) is 16.2 Å². The van der Waals surface area contributed by atoms with E-state index in [2.05, 4.69) is 36.5 Å². The molecule has 1 amide bonds. The van der Waals surface area contributed by atoms with Crippen molar-refractivity contribution in [3.8, 4) is 5.88 Å². The Hall–Kier alpha value is -2.63. The number of halogens is 3. The maximum Gasteiger partial charge on any atom is 0.362 e. The Morgan fingerprint density at radius 2 is 2.21 bits per heavy atom. The van der Waals surface area contributed by atoms with Crippen LogP contribution < -0.4 is 10.1 Å². The first-order valence-electron chi connectivity index (χ1n) is 7.55. The lowest BCUT2D eigenvalue weighted by atomic mass is 10.2. The molecule has 0 unspecified atom stereocenters. The molecule has 2 heterocycles. The number of nitro groups is 1. The second kappa shape index (κ2) is 8.17. The van der Waals surface area contributed by atoms with Gasteiger partial charge in [0.05, 0.1) is 23.1 Å². The van der Waals surface area contributed by atoms with Crippen LogP contribution in [-0.2, 0) is 6.54 Å². The molecule has 0 saturated carbocycles. The van der Waals surface area contributed by atoms with Crippen LogP contribution in [0, 0.1) is 10.1 Å². The molecule has 1 aromatic carbocycles. The fourth-order valence-electron chi connectivity index (χ4n) is 2.35. The van der Waals surface area contributed by atoms with Gasteiger partial charge >= 0.3 is 11.6 Å². The summed E-state index contributed by atoms with van der Waals surface area (Å²) in [6.07, 6.45) is 1.63. The normalized spacial score (nSPS) is 10.7. The largest absolute Gasteiger partial charge is 0.475 e. The summed E-state index contributed by atoms with van der Waals surface area (Å²) in [5.74, 6) is -0.923. The fraction of sp³-hybridized carbons (Fsp3) is 0.133. The Balaban J connectivity index is 1.81. The van der Waals surface area contributed by atoms with Crippen LogP contribution in [-0.4, -0.2) is 37.9 Å². The topological polar surface area (TPSA) is 128 Å². The van der Waals surface area contributed by atoms with E-state index < -0.39 is 16.5 Å². The van der Waals surface area contributed by atoms with Crippen LogP contribution in [0.5, 0.6) is 5.88 Å². The number of ether oxygens (including phenoxy) is 1. The number of aromatic nitrogens is 4. The van der Waals surface area contributed by atoms with Crippen LogP contribution in [0.25, 0.3) is 0 Å². The number of nitrogens with one attached hydrogen (secondary N) is 2. The maximum atomic E-state index is 12.4. The highest BCUT2D eigenvalue weighted by molar-refractivity contribution is 9.10. The van der Waals surface area contributed by atoms with Crippen molar-refractivity contribution in [1.82, 2.24) is 20.0 Å². The molecule has 13 heteroatoms. The Morgan fingerprint density at radius 3 is 2.86 bits per heavy atom. The molecule has 0 saturated heterocycles. The zero-order valence-electron chi connectivity index (χ0n) is 14.1. The fourth-order valence-corrected chi connectivity index (χ4v) is 3.23. The predicted molar refractivity (Wildman–Crippen MR) is 105 cm³/mol. The molecule has 0 bridgehead atoms. The Morgan fingerprint density at radius 1 is 1.46 bits per heavy atom. The molecular weight excluding hydrogens is 479 g/mol. The lowest BCUT2D eigenvalue weighted by Gasteiger charge is -2.05. The highest BCUT2D eigenvalue weighted by Gasteiger charge is 2.30. The number of rotatable bonds is 6. The monoisotopic (exact) mass is 488 g/mol. The van der Waals surface area contributed by atoms with Gasteiger partial charge in [-0.15, -0.1) is 5.10 Å². The zero-order chi connectivity index (χ0) is 20.4. The molecule has 0 aliphatic rings. The first-order valence-corrected chi connectivity index (χ1v) is 9.10. The van der Waals surface area contributed by atoms with E-state index in [0.717, 1.165) is 5.56 Å². The average Bonchev–Trinajstić information content (AvgIpc) is 3.21. The minimum atomic E-state index is -0.794. The molecule has 2 N–H and O–H groups in total. The molecule has 2 aromatic heterocycles. The van der Waals surface area contributed by atoms with Gasteiger partial charge in [-0.3, -0.25) is 24.7 Å². The summed E-state index contributed by atoms with van der Waals surface area (Å²) in [5, 5.41) is 24.8. The minimum Gasteiger partial charge on any atom is -0.475 e. The van der Waals surface area contributed by atoms with Gasteiger partial charge in [0.1, 0.15) is 0 Å². The van der Waals surface area contributed by atoms with Crippen molar-refractivity contribution in [3.05, 3.63) is 60.3 Å². The molecule has 3 rings (SSSR count). The van der Waals surface area contributed by atoms with Gasteiger partial charge in [0.2, 0.25) is 5.69 Å². The highest BCUT2D eigenvalue weighted by atomic mass is 79.9. The van der Waals surface area contributed by atoms with Crippen molar-refractivity contribution < 1.29 is 14.5 Å². The third kappa shape index (κ3) is 4.11. The van der Waals surface area contributed by atoms with Crippen molar-refractivity contribution in [2.45, 2.75) is 6.54 Å². The summed E-state index contributed by atoms with van der Waals surface area (Å²) in [6.45, 7) is 0.322. The third-order valence-corrected chi connectivity index (χ3v) is 4.78. The van der Waals surface area contributed by atoms with E-state index in [1.165, 1.54) is 11.8 Å². The maximum absolute atomic E-state index is 12.4. The number of carbonyl (C=O) groups excluding carboxylic acids is 1. The van der Waals surface area contributed by atoms with Gasteiger partial charge in [-0.05, 0) is 33.6 Å². The summed E-state index contributed by atoms with van der Waals surface area (Å²) in [6, 6.07) is 5.08. The van der Waals surface area contributed by atoms with E-state index in [0.29, 0.717) is 21.1 Å². The number of anilines is 1. The molecule has 0 aliphatic carbocycles. The number of amides is 1. The molecule has 0 spiro atoms. The number of methoxy groups -OCH3 is 1. The van der Waals surface area contributed by atoms with Crippen LogP contribution in [0.4, 0.5) is 11.5 Å². The molecule has 0 aliphatic heterocycles. The quantitative estimate of drug-likeness (QED) is 0.399. The van der Waals surface area contributed by atoms with Crippen LogP contribution in [0.2, 0.25) is 10.0 Å². The molecular formula is C15H11BrCl2N6O4. The summed E-state index contributed by atoms with van der Waals surface area (Å²) >= 11 is 15.3. The van der Waals surface area contributed by atoms with Crippen LogP contribution in [0.1, 0.15) is 16.1 Å². The Labute approximate surface area is 176 Å². The number of aromatic amines is 1. The molecule has 0 atom stereocenters. The number of H-pyrrole nitrogens is 1. The van der Waals surface area contributed by atoms with Gasteiger partial charge in [-0.2, -0.15) is 5.10 Å². The van der Waals surface area contributed by atoms with E-state index in [4.69, 9.17) is 27.9 Å². The van der Waals surface area contributed by atoms with Crippen LogP contribution >= 0.6 is 39.1 Å². The molecule has 0 radical (unpaired) electrons. The van der Waals surface area contributed by atoms with E-state index in [9.17, 15) is 14.9 Å². The lowest BCUT2D eigenvalue weighted by molar-refractivity contribution is -0.386. The molecule has 28 heavy (non-hydrogen) atoms. The number of benzene rings is 1. The lowest BCUT2D eigenvalue weighted by Crippen LogP contribution is -2.15. The summed E-state index contributed by atoms with van der Waals surface area (Å²) in [4.78, 5) is 22.9. The van der Waals surface area contributed by atoms with Crippen molar-refractivity contribution in [1.29, 1.82) is 0 Å². The zero-order valence-corrected chi connectivity index (χ0v) is 17.2. The predicted octanol–water partition coefficient (Wildman–Crippen LogP) is 3.89. The number of nitrogens with zero attached hydrogens (tertiary/aromatic N) is 4. The van der Waals surface area contributed by atoms with Gasteiger partial charge in [0.25, 0.3) is 5.91 Å². The summed E-state index contributed by atoms with van der Waals surface area (Å²) in [7, 11) is 1.21. The SMILES string of the molecule is COc1n[nH]c(C(=O)Nc2nn(Cc3ccc(Cl)cc3Cl)cc2Br)c1[N+](=O)[O-]. The van der Waals surface area contributed by atoms with Crippen molar-refractivity contribution in [2.75, 3.05) is 12.4 Å². The van der Waals surface area contributed by atoms with Crippen molar-refractivity contribution in [3.63, 3.8) is 0 Å². The second-order valence-corrected chi connectivity index (χ2v) is 7.12. The van der Waals surface area contributed by atoms with Gasteiger partial charge in [0.15, 0.2) is 5.82 Å². The minimum absolute atomic E-state index is 0.165. The molecule has 0 fully saturated rings. The second-order valence-electron chi connectivity index (χ2n) is 5.43. The molecule has 146 valence electrons. The van der Waals surface area contributed by atoms with E-state index >= 15 is 0 Å². The highest BCUT2D eigenvalue weighted by Crippen LogP contribution is 2.29. The number of hydrogen-bond donors (Lipinski definition) is 2. The number of carbonyl (C=O) groups is 1. The van der Waals surface area contributed by atoms with Crippen LogP contribution in [0.3, 0.4) is 0 Å². The summed E-state index contributed by atoms with van der Waals surface area (Å²) in [5.41, 5.74) is -0.152. The van der Waals surface area contributed by atoms with E-state index in [-0.39, 0.29) is 17.4 Å². The smallest absolute Gasteiger partial charge is 0.362 e. The third-order valence-electron chi connectivity index (χ3n) is 3.61. The van der Waals surface area contributed by atoms with Gasteiger partial charge in [-0.1, -0.05) is 29.3 Å².